The van der Waals surface area contributed by atoms with E-state index >= 15 is 0 Å². The summed E-state index contributed by atoms with van der Waals surface area (Å²) >= 11 is -0.967. The Morgan fingerprint density at radius 1 is 0.615 bits per heavy atom. The summed E-state index contributed by atoms with van der Waals surface area (Å²) in [6.45, 7) is 7.01. The number of hydrogen-bond acceptors (Lipinski definition) is 0. The molecule has 0 aliphatic rings. The molecule has 0 aromatic rings. The van der Waals surface area contributed by atoms with Crippen LogP contribution in [-0.4, -0.2) is 21.4 Å². The summed E-state index contributed by atoms with van der Waals surface area (Å²) < 4.78 is 5.08. The first-order valence-corrected chi connectivity index (χ1v) is 13.3. The standard InChI is InChI=1S/3C4H9.In/c3*1-3-4-2;/h3*1,3-4H2,2H3;. The summed E-state index contributed by atoms with van der Waals surface area (Å²) in [5.74, 6) is 0. The average molecular weight is 286 g/mol. The van der Waals surface area contributed by atoms with Gasteiger partial charge in [-0.25, -0.2) is 0 Å². The molecule has 0 bridgehead atoms. The third kappa shape index (κ3) is 9.18. The molecule has 0 unspecified atom stereocenters. The van der Waals surface area contributed by atoms with Crippen molar-refractivity contribution in [3.63, 3.8) is 0 Å². The molecule has 78 valence electrons. The zero-order chi connectivity index (χ0) is 9.94. The van der Waals surface area contributed by atoms with Crippen molar-refractivity contribution in [2.75, 3.05) is 0 Å². The molecule has 13 heavy (non-hydrogen) atoms. The summed E-state index contributed by atoms with van der Waals surface area (Å²) in [6.07, 6.45) is 8.87. The van der Waals surface area contributed by atoms with Crippen LogP contribution in [0.15, 0.2) is 0 Å². The van der Waals surface area contributed by atoms with Gasteiger partial charge in [0.05, 0.1) is 0 Å². The molecule has 1 heteroatoms. The van der Waals surface area contributed by atoms with E-state index in [4.69, 9.17) is 0 Å². The Labute approximate surface area is 93.0 Å². The van der Waals surface area contributed by atoms with Crippen LogP contribution in [0.3, 0.4) is 0 Å². The molecule has 0 aromatic carbocycles. The number of rotatable bonds is 9. The first kappa shape index (κ1) is 13.9. The van der Waals surface area contributed by atoms with Crippen molar-refractivity contribution in [1.82, 2.24) is 0 Å². The topological polar surface area (TPSA) is 0 Å². The molecule has 0 atom stereocenters. The molecule has 0 radical (unpaired) electrons. The minimum atomic E-state index is -0.967. The number of hydrogen-bond donors (Lipinski definition) is 0. The van der Waals surface area contributed by atoms with E-state index in [2.05, 4.69) is 20.8 Å². The Kier molecular flexibility index (Phi) is 11.7. The number of unbranched alkanes of at least 4 members (excludes halogenated alkanes) is 3. The molecule has 0 amide bonds. The van der Waals surface area contributed by atoms with Crippen LogP contribution in [0, 0.1) is 0 Å². The van der Waals surface area contributed by atoms with E-state index < -0.39 is 21.4 Å². The van der Waals surface area contributed by atoms with E-state index in [1.807, 2.05) is 0 Å². The van der Waals surface area contributed by atoms with Crippen LogP contribution >= 0.6 is 0 Å². The van der Waals surface area contributed by atoms with Gasteiger partial charge < -0.3 is 0 Å². The Hall–Kier alpha value is 0.870. The summed E-state index contributed by atoms with van der Waals surface area (Å²) in [4.78, 5) is 0. The van der Waals surface area contributed by atoms with Crippen molar-refractivity contribution in [1.29, 1.82) is 0 Å². The van der Waals surface area contributed by atoms with Gasteiger partial charge in [-0.15, -0.1) is 0 Å². The van der Waals surface area contributed by atoms with Gasteiger partial charge >= 0.3 is 93.3 Å². The van der Waals surface area contributed by atoms with Crippen LogP contribution in [0.25, 0.3) is 0 Å². The molecular formula is C12H27In. The average Bonchev–Trinajstić information content (AvgIpc) is 2.17. The molecule has 0 rings (SSSR count). The van der Waals surface area contributed by atoms with Crippen LogP contribution < -0.4 is 0 Å². The molecule has 0 fully saturated rings. The van der Waals surface area contributed by atoms with Crippen molar-refractivity contribution in [3.8, 4) is 0 Å². The van der Waals surface area contributed by atoms with Gasteiger partial charge in [-0.2, -0.15) is 0 Å². The minimum absolute atomic E-state index is 0.967. The first-order valence-electron chi connectivity index (χ1n) is 6.35. The fourth-order valence-electron chi connectivity index (χ4n) is 1.91. The van der Waals surface area contributed by atoms with Gasteiger partial charge in [0.1, 0.15) is 0 Å². The second kappa shape index (κ2) is 10.9. The van der Waals surface area contributed by atoms with Gasteiger partial charge in [0.25, 0.3) is 0 Å². The van der Waals surface area contributed by atoms with Crippen molar-refractivity contribution >= 4 is 21.4 Å². The normalized spacial score (nSPS) is 10.4. The first-order chi connectivity index (χ1) is 6.35. The predicted octanol–water partition coefficient (Wildman–Crippen LogP) is 4.88. The predicted molar refractivity (Wildman–Crippen MR) is 64.9 cm³/mol. The third-order valence-corrected chi connectivity index (χ3v) is 13.4. The van der Waals surface area contributed by atoms with Crippen molar-refractivity contribution in [2.45, 2.75) is 71.8 Å². The van der Waals surface area contributed by atoms with Crippen LogP contribution in [0.2, 0.25) is 12.5 Å². The molecule has 0 heterocycles. The molecular weight excluding hydrogens is 259 g/mol. The Morgan fingerprint density at radius 2 is 0.923 bits per heavy atom. The zero-order valence-electron chi connectivity index (χ0n) is 9.94. The SMILES string of the molecule is CCC[CH2][In]([CH2]CCC)[CH2]CCC. The van der Waals surface area contributed by atoms with Gasteiger partial charge in [-0.3, -0.25) is 0 Å². The van der Waals surface area contributed by atoms with E-state index in [1.54, 1.807) is 12.5 Å². The van der Waals surface area contributed by atoms with Gasteiger partial charge in [-0.1, -0.05) is 0 Å². The quantitative estimate of drug-likeness (QED) is 0.566. The Morgan fingerprint density at radius 3 is 1.15 bits per heavy atom. The van der Waals surface area contributed by atoms with E-state index in [-0.39, 0.29) is 0 Å². The molecule has 0 aliphatic heterocycles. The van der Waals surface area contributed by atoms with E-state index in [0.717, 1.165) is 0 Å². The van der Waals surface area contributed by atoms with Crippen LogP contribution in [0.4, 0.5) is 0 Å². The zero-order valence-corrected chi connectivity index (χ0v) is 13.2. The maximum absolute atomic E-state index is 2.34. The van der Waals surface area contributed by atoms with Crippen molar-refractivity contribution < 1.29 is 0 Å². The molecule has 0 N–H and O–H groups in total. The van der Waals surface area contributed by atoms with Crippen LogP contribution in [0.5, 0.6) is 0 Å². The maximum atomic E-state index is 2.34. The second-order valence-electron chi connectivity index (χ2n) is 4.29. The van der Waals surface area contributed by atoms with E-state index in [0.29, 0.717) is 0 Å². The van der Waals surface area contributed by atoms with Crippen LogP contribution in [-0.2, 0) is 0 Å². The van der Waals surface area contributed by atoms with Gasteiger partial charge in [-0.05, 0) is 0 Å². The van der Waals surface area contributed by atoms with Crippen LogP contribution in [0.1, 0.15) is 59.3 Å². The van der Waals surface area contributed by atoms with E-state index in [1.165, 1.54) is 38.5 Å². The Bertz CT molecular complexity index is 72.1. The van der Waals surface area contributed by atoms with E-state index in [9.17, 15) is 0 Å². The third-order valence-electron chi connectivity index (χ3n) is 2.90. The molecule has 0 saturated carbocycles. The molecule has 0 nitrogen and oxygen atoms in total. The fraction of sp³-hybridized carbons (Fsp3) is 1.00. The fourth-order valence-corrected chi connectivity index (χ4v) is 12.8. The monoisotopic (exact) mass is 286 g/mol. The van der Waals surface area contributed by atoms with Crippen molar-refractivity contribution in [3.05, 3.63) is 0 Å². The second-order valence-corrected chi connectivity index (χ2v) is 14.2. The summed E-state index contributed by atoms with van der Waals surface area (Å²) in [6, 6.07) is 0. The summed E-state index contributed by atoms with van der Waals surface area (Å²) in [5.41, 5.74) is 0. The van der Waals surface area contributed by atoms with Gasteiger partial charge in [0.2, 0.25) is 0 Å². The molecule has 0 aromatic heterocycles. The van der Waals surface area contributed by atoms with Gasteiger partial charge in [0, 0.05) is 0 Å². The van der Waals surface area contributed by atoms with Crippen molar-refractivity contribution in [2.24, 2.45) is 0 Å². The van der Waals surface area contributed by atoms with Gasteiger partial charge in [0.15, 0.2) is 0 Å². The molecule has 0 aliphatic carbocycles. The summed E-state index contributed by atoms with van der Waals surface area (Å²) in [5, 5.41) is 0. The summed E-state index contributed by atoms with van der Waals surface area (Å²) in [7, 11) is 0. The Balaban J connectivity index is 3.47. The molecule has 0 saturated heterocycles. The molecule has 0 spiro atoms.